The minimum Gasteiger partial charge on any atom is -0.298 e. The van der Waals surface area contributed by atoms with Crippen LogP contribution in [0.15, 0.2) is 30.3 Å². The van der Waals surface area contributed by atoms with Gasteiger partial charge in [0, 0.05) is 18.5 Å². The van der Waals surface area contributed by atoms with Crippen LogP contribution in [0.1, 0.15) is 18.5 Å². The molecule has 1 nitrogen and oxygen atoms in total. The quantitative estimate of drug-likeness (QED) is 0.671. The third kappa shape index (κ3) is 3.02. The Morgan fingerprint density at radius 3 is 2.46 bits per heavy atom. The highest BCUT2D eigenvalue weighted by atomic mass is 35.5. The van der Waals surface area contributed by atoms with Crippen molar-refractivity contribution < 1.29 is 0 Å². The van der Waals surface area contributed by atoms with Gasteiger partial charge in [-0.25, -0.2) is 0 Å². The van der Waals surface area contributed by atoms with Crippen LogP contribution in [0.4, 0.5) is 0 Å². The fourth-order valence-corrected chi connectivity index (χ4v) is 1.58. The van der Waals surface area contributed by atoms with Crippen molar-refractivity contribution in [3.8, 4) is 0 Å². The standard InChI is InChI=1S/C11H16ClN/c1-10(13(2)9-8-12)11-6-4-3-5-7-11/h3-7,10H,8-9H2,1-2H3. The Morgan fingerprint density at radius 2 is 1.92 bits per heavy atom. The van der Waals surface area contributed by atoms with Gasteiger partial charge in [0.25, 0.3) is 0 Å². The van der Waals surface area contributed by atoms with Crippen LogP contribution in [0.3, 0.4) is 0 Å². The van der Waals surface area contributed by atoms with E-state index in [2.05, 4.69) is 43.1 Å². The van der Waals surface area contributed by atoms with Crippen LogP contribution in [0, 0.1) is 0 Å². The highest BCUT2D eigenvalue weighted by molar-refractivity contribution is 6.18. The summed E-state index contributed by atoms with van der Waals surface area (Å²) < 4.78 is 0. The summed E-state index contributed by atoms with van der Waals surface area (Å²) in [5, 5.41) is 0. The summed E-state index contributed by atoms with van der Waals surface area (Å²) in [6, 6.07) is 10.9. The van der Waals surface area contributed by atoms with Gasteiger partial charge in [-0.05, 0) is 19.5 Å². The molecule has 0 spiro atoms. The van der Waals surface area contributed by atoms with E-state index in [0.717, 1.165) is 6.54 Å². The molecule has 0 aliphatic carbocycles. The lowest BCUT2D eigenvalue weighted by molar-refractivity contribution is 0.277. The number of nitrogens with zero attached hydrogens (tertiary/aromatic N) is 1. The molecule has 72 valence electrons. The second-order valence-electron chi connectivity index (χ2n) is 3.26. The van der Waals surface area contributed by atoms with E-state index in [1.807, 2.05) is 6.07 Å². The highest BCUT2D eigenvalue weighted by Gasteiger charge is 2.09. The van der Waals surface area contributed by atoms with Gasteiger partial charge in [-0.3, -0.25) is 4.90 Å². The van der Waals surface area contributed by atoms with E-state index < -0.39 is 0 Å². The second-order valence-corrected chi connectivity index (χ2v) is 3.63. The number of rotatable bonds is 4. The number of halogens is 1. The molecule has 0 N–H and O–H groups in total. The maximum absolute atomic E-state index is 5.69. The Hall–Kier alpha value is -0.530. The van der Waals surface area contributed by atoms with Gasteiger partial charge in [0.05, 0.1) is 0 Å². The van der Waals surface area contributed by atoms with E-state index in [1.165, 1.54) is 5.56 Å². The van der Waals surface area contributed by atoms with Gasteiger partial charge in [-0.2, -0.15) is 0 Å². The van der Waals surface area contributed by atoms with Crippen molar-refractivity contribution in [1.82, 2.24) is 4.90 Å². The van der Waals surface area contributed by atoms with Crippen LogP contribution in [0.25, 0.3) is 0 Å². The lowest BCUT2D eigenvalue weighted by Crippen LogP contribution is -2.24. The molecule has 2 heteroatoms. The summed E-state index contributed by atoms with van der Waals surface area (Å²) in [6.07, 6.45) is 0. The third-order valence-corrected chi connectivity index (χ3v) is 2.55. The van der Waals surface area contributed by atoms with Crippen molar-refractivity contribution in [1.29, 1.82) is 0 Å². The average Bonchev–Trinajstić information content (AvgIpc) is 2.18. The Labute approximate surface area is 85.3 Å². The molecule has 0 amide bonds. The number of hydrogen-bond acceptors (Lipinski definition) is 1. The summed E-state index contributed by atoms with van der Waals surface area (Å²) in [7, 11) is 2.10. The van der Waals surface area contributed by atoms with E-state index >= 15 is 0 Å². The minimum atomic E-state index is 0.444. The van der Waals surface area contributed by atoms with Crippen LogP contribution in [-0.4, -0.2) is 24.4 Å². The molecule has 13 heavy (non-hydrogen) atoms. The van der Waals surface area contributed by atoms with Crippen molar-refractivity contribution in [2.45, 2.75) is 13.0 Å². The Bertz CT molecular complexity index is 235. The van der Waals surface area contributed by atoms with Crippen LogP contribution in [-0.2, 0) is 0 Å². The van der Waals surface area contributed by atoms with Crippen molar-refractivity contribution >= 4 is 11.6 Å². The molecule has 0 aromatic heterocycles. The summed E-state index contributed by atoms with van der Waals surface area (Å²) in [4.78, 5) is 2.25. The average molecular weight is 198 g/mol. The second kappa shape index (κ2) is 5.25. The van der Waals surface area contributed by atoms with Crippen molar-refractivity contribution in [3.63, 3.8) is 0 Å². The number of benzene rings is 1. The molecular weight excluding hydrogens is 182 g/mol. The summed E-state index contributed by atoms with van der Waals surface area (Å²) in [5.41, 5.74) is 1.34. The maximum Gasteiger partial charge on any atom is 0.0351 e. The molecule has 0 fully saturated rings. The highest BCUT2D eigenvalue weighted by Crippen LogP contribution is 2.17. The first-order valence-electron chi connectivity index (χ1n) is 4.57. The zero-order valence-electron chi connectivity index (χ0n) is 8.20. The molecule has 0 radical (unpaired) electrons. The van der Waals surface area contributed by atoms with Gasteiger partial charge in [-0.15, -0.1) is 11.6 Å². The molecule has 0 saturated heterocycles. The topological polar surface area (TPSA) is 3.24 Å². The van der Waals surface area contributed by atoms with E-state index in [4.69, 9.17) is 11.6 Å². The van der Waals surface area contributed by atoms with Crippen LogP contribution in [0.2, 0.25) is 0 Å². The molecule has 1 aromatic carbocycles. The molecular formula is C11H16ClN. The van der Waals surface area contributed by atoms with Crippen molar-refractivity contribution in [3.05, 3.63) is 35.9 Å². The SMILES string of the molecule is CC(c1ccccc1)N(C)CCCl. The fraction of sp³-hybridized carbons (Fsp3) is 0.455. The third-order valence-electron chi connectivity index (χ3n) is 2.38. The monoisotopic (exact) mass is 197 g/mol. The molecule has 0 heterocycles. The Morgan fingerprint density at radius 1 is 1.31 bits per heavy atom. The molecule has 0 aliphatic rings. The van der Waals surface area contributed by atoms with Gasteiger partial charge in [0.1, 0.15) is 0 Å². The molecule has 1 aromatic rings. The summed E-state index contributed by atoms with van der Waals surface area (Å²) in [6.45, 7) is 3.12. The molecule has 0 aliphatic heterocycles. The summed E-state index contributed by atoms with van der Waals surface area (Å²) >= 11 is 5.69. The lowest BCUT2D eigenvalue weighted by atomic mass is 10.1. The predicted molar refractivity (Wildman–Crippen MR) is 58.2 cm³/mol. The lowest BCUT2D eigenvalue weighted by Gasteiger charge is -2.23. The number of hydrogen-bond donors (Lipinski definition) is 0. The van der Waals surface area contributed by atoms with Gasteiger partial charge in [0.15, 0.2) is 0 Å². The van der Waals surface area contributed by atoms with Gasteiger partial charge >= 0.3 is 0 Å². The zero-order chi connectivity index (χ0) is 9.68. The Balaban J connectivity index is 2.62. The normalized spacial score (nSPS) is 13.2. The zero-order valence-corrected chi connectivity index (χ0v) is 8.96. The van der Waals surface area contributed by atoms with Gasteiger partial charge < -0.3 is 0 Å². The predicted octanol–water partition coefficient (Wildman–Crippen LogP) is 2.92. The van der Waals surface area contributed by atoms with Gasteiger partial charge in [-0.1, -0.05) is 30.3 Å². The number of alkyl halides is 1. The first kappa shape index (κ1) is 10.6. The van der Waals surface area contributed by atoms with Gasteiger partial charge in [0.2, 0.25) is 0 Å². The van der Waals surface area contributed by atoms with Crippen LogP contribution < -0.4 is 0 Å². The minimum absolute atomic E-state index is 0.444. The maximum atomic E-state index is 5.69. The molecule has 0 bridgehead atoms. The molecule has 1 atom stereocenters. The van der Waals surface area contributed by atoms with E-state index in [9.17, 15) is 0 Å². The van der Waals surface area contributed by atoms with Crippen LogP contribution in [0.5, 0.6) is 0 Å². The summed E-state index contributed by atoms with van der Waals surface area (Å²) in [5.74, 6) is 0.688. The molecule has 1 unspecified atom stereocenters. The first-order valence-corrected chi connectivity index (χ1v) is 5.10. The first-order chi connectivity index (χ1) is 6.25. The fourth-order valence-electron chi connectivity index (χ4n) is 1.31. The van der Waals surface area contributed by atoms with E-state index in [1.54, 1.807) is 0 Å². The van der Waals surface area contributed by atoms with E-state index in [0.29, 0.717) is 11.9 Å². The Kier molecular flexibility index (Phi) is 4.26. The molecule has 1 rings (SSSR count). The largest absolute Gasteiger partial charge is 0.298 e. The van der Waals surface area contributed by atoms with Crippen molar-refractivity contribution in [2.24, 2.45) is 0 Å². The van der Waals surface area contributed by atoms with E-state index in [-0.39, 0.29) is 0 Å². The van der Waals surface area contributed by atoms with Crippen molar-refractivity contribution in [2.75, 3.05) is 19.5 Å². The smallest absolute Gasteiger partial charge is 0.0351 e. The molecule has 0 saturated carbocycles. The van der Waals surface area contributed by atoms with Crippen LogP contribution >= 0.6 is 11.6 Å².